The zero-order valence-corrected chi connectivity index (χ0v) is 11.2. The van der Waals surface area contributed by atoms with Crippen molar-refractivity contribution in [3.63, 3.8) is 0 Å². The third-order valence-corrected chi connectivity index (χ3v) is 3.50. The Kier molecular flexibility index (Phi) is 3.70. The van der Waals surface area contributed by atoms with Gasteiger partial charge in [0.15, 0.2) is 0 Å². The molecule has 0 aliphatic carbocycles. The zero-order valence-electron chi connectivity index (χ0n) is 11.2. The average molecular weight is 244 g/mol. The molecule has 0 bridgehead atoms. The first-order valence-electron chi connectivity index (χ1n) is 6.40. The molecular formula is C15H20N2O. The highest BCUT2D eigenvalue weighted by molar-refractivity contribution is 5.84. The molecule has 2 aromatic rings. The first kappa shape index (κ1) is 12.7. The van der Waals surface area contributed by atoms with Crippen molar-refractivity contribution in [2.75, 3.05) is 7.05 Å². The summed E-state index contributed by atoms with van der Waals surface area (Å²) in [7, 11) is 1.70. The molecule has 1 atom stereocenters. The Morgan fingerprint density at radius 2 is 2.06 bits per heavy atom. The number of para-hydroxylation sites is 1. The fraction of sp³-hybridized carbons (Fsp3) is 0.400. The van der Waals surface area contributed by atoms with Crippen LogP contribution in [-0.4, -0.2) is 17.9 Å². The van der Waals surface area contributed by atoms with Crippen molar-refractivity contribution < 1.29 is 4.79 Å². The summed E-state index contributed by atoms with van der Waals surface area (Å²) in [5, 5.41) is 3.97. The van der Waals surface area contributed by atoms with E-state index in [1.807, 2.05) is 18.3 Å². The third-order valence-electron chi connectivity index (χ3n) is 3.50. The van der Waals surface area contributed by atoms with Gasteiger partial charge in [-0.2, -0.15) is 0 Å². The van der Waals surface area contributed by atoms with Gasteiger partial charge in [-0.3, -0.25) is 4.79 Å². The summed E-state index contributed by atoms with van der Waals surface area (Å²) in [4.78, 5) is 15.2. The zero-order chi connectivity index (χ0) is 13.1. The van der Waals surface area contributed by atoms with Crippen LogP contribution in [-0.2, 0) is 11.2 Å². The molecular weight excluding hydrogens is 224 g/mol. The van der Waals surface area contributed by atoms with E-state index in [1.165, 1.54) is 10.9 Å². The topological polar surface area (TPSA) is 44.9 Å². The van der Waals surface area contributed by atoms with E-state index in [2.05, 4.69) is 36.3 Å². The van der Waals surface area contributed by atoms with Gasteiger partial charge in [0.2, 0.25) is 5.91 Å². The van der Waals surface area contributed by atoms with Crippen molar-refractivity contribution in [2.45, 2.75) is 20.3 Å². The molecule has 2 N–H and O–H groups in total. The number of aromatic amines is 1. The van der Waals surface area contributed by atoms with E-state index in [4.69, 9.17) is 0 Å². The first-order valence-corrected chi connectivity index (χ1v) is 6.40. The number of carbonyl (C=O) groups excluding carboxylic acids is 1. The summed E-state index contributed by atoms with van der Waals surface area (Å²) in [6.07, 6.45) is 2.80. The Hall–Kier alpha value is -1.77. The quantitative estimate of drug-likeness (QED) is 0.853. The van der Waals surface area contributed by atoms with Crippen molar-refractivity contribution in [1.82, 2.24) is 10.3 Å². The van der Waals surface area contributed by atoms with Gasteiger partial charge in [0.1, 0.15) is 0 Å². The summed E-state index contributed by atoms with van der Waals surface area (Å²) in [6, 6.07) is 8.21. The van der Waals surface area contributed by atoms with E-state index >= 15 is 0 Å². The predicted molar refractivity (Wildman–Crippen MR) is 74.4 cm³/mol. The van der Waals surface area contributed by atoms with Crippen LogP contribution < -0.4 is 5.32 Å². The Morgan fingerprint density at radius 3 is 2.72 bits per heavy atom. The molecule has 1 unspecified atom stereocenters. The first-order chi connectivity index (χ1) is 8.63. The maximum Gasteiger partial charge on any atom is 0.223 e. The van der Waals surface area contributed by atoms with Crippen LogP contribution >= 0.6 is 0 Å². The van der Waals surface area contributed by atoms with Gasteiger partial charge < -0.3 is 10.3 Å². The fourth-order valence-corrected chi connectivity index (χ4v) is 2.35. The van der Waals surface area contributed by atoms with Crippen LogP contribution in [0.2, 0.25) is 0 Å². The van der Waals surface area contributed by atoms with E-state index in [9.17, 15) is 4.79 Å². The maximum atomic E-state index is 11.9. The van der Waals surface area contributed by atoms with E-state index in [1.54, 1.807) is 7.05 Å². The number of H-pyrrole nitrogens is 1. The highest BCUT2D eigenvalue weighted by Gasteiger charge is 2.22. The Bertz CT molecular complexity index is 542. The van der Waals surface area contributed by atoms with Gasteiger partial charge in [-0.05, 0) is 24.0 Å². The van der Waals surface area contributed by atoms with Crippen LogP contribution in [0.4, 0.5) is 0 Å². The average Bonchev–Trinajstić information content (AvgIpc) is 2.78. The molecule has 3 nitrogen and oxygen atoms in total. The van der Waals surface area contributed by atoms with E-state index in [0.717, 1.165) is 11.9 Å². The standard InChI is InChI=1S/C15H20N2O/c1-10(2)13(15(18)16-3)8-11-9-17-14-7-5-4-6-12(11)14/h4-7,9-10,13,17H,8H2,1-3H3,(H,16,18). The second-order valence-corrected chi connectivity index (χ2v) is 5.03. The number of benzene rings is 1. The van der Waals surface area contributed by atoms with Gasteiger partial charge in [0.05, 0.1) is 0 Å². The number of fused-ring (bicyclic) bond motifs is 1. The molecule has 3 heteroatoms. The molecule has 2 rings (SSSR count). The lowest BCUT2D eigenvalue weighted by Gasteiger charge is -2.18. The summed E-state index contributed by atoms with van der Waals surface area (Å²) in [5.74, 6) is 0.475. The molecule has 18 heavy (non-hydrogen) atoms. The highest BCUT2D eigenvalue weighted by Crippen LogP contribution is 2.24. The van der Waals surface area contributed by atoms with Gasteiger partial charge in [0.25, 0.3) is 0 Å². The fourth-order valence-electron chi connectivity index (χ4n) is 2.35. The smallest absolute Gasteiger partial charge is 0.223 e. The van der Waals surface area contributed by atoms with Crippen LogP contribution in [0.3, 0.4) is 0 Å². The highest BCUT2D eigenvalue weighted by atomic mass is 16.1. The van der Waals surface area contributed by atoms with E-state index in [-0.39, 0.29) is 11.8 Å². The van der Waals surface area contributed by atoms with Crippen LogP contribution in [0.1, 0.15) is 19.4 Å². The maximum absolute atomic E-state index is 11.9. The molecule has 0 fully saturated rings. The van der Waals surface area contributed by atoms with Gasteiger partial charge in [-0.25, -0.2) is 0 Å². The normalized spacial score (nSPS) is 12.9. The number of rotatable bonds is 4. The second-order valence-electron chi connectivity index (χ2n) is 5.03. The molecule has 1 amide bonds. The molecule has 0 saturated heterocycles. The molecule has 0 radical (unpaired) electrons. The number of amides is 1. The summed E-state index contributed by atoms with van der Waals surface area (Å²) >= 11 is 0. The molecule has 1 heterocycles. The van der Waals surface area contributed by atoms with Crippen LogP contribution in [0.15, 0.2) is 30.5 Å². The summed E-state index contributed by atoms with van der Waals surface area (Å²) in [5.41, 5.74) is 2.35. The van der Waals surface area contributed by atoms with E-state index < -0.39 is 0 Å². The van der Waals surface area contributed by atoms with Crippen LogP contribution in [0.5, 0.6) is 0 Å². The van der Waals surface area contributed by atoms with E-state index in [0.29, 0.717) is 5.92 Å². The second kappa shape index (κ2) is 5.25. The molecule has 0 aliphatic heterocycles. The van der Waals surface area contributed by atoms with Crippen LogP contribution in [0.25, 0.3) is 10.9 Å². The van der Waals surface area contributed by atoms with Crippen molar-refractivity contribution >= 4 is 16.8 Å². The minimum absolute atomic E-state index is 0.0224. The van der Waals surface area contributed by atoms with Gasteiger partial charge in [-0.1, -0.05) is 32.0 Å². The SMILES string of the molecule is CNC(=O)C(Cc1c[nH]c2ccccc12)C(C)C. The van der Waals surface area contributed by atoms with Crippen molar-refractivity contribution in [1.29, 1.82) is 0 Å². The monoisotopic (exact) mass is 244 g/mol. The third kappa shape index (κ3) is 2.40. The van der Waals surface area contributed by atoms with Gasteiger partial charge in [0, 0.05) is 30.1 Å². The Morgan fingerprint density at radius 1 is 1.33 bits per heavy atom. The molecule has 0 aliphatic rings. The Balaban J connectivity index is 2.29. The number of carbonyl (C=O) groups is 1. The van der Waals surface area contributed by atoms with Gasteiger partial charge >= 0.3 is 0 Å². The van der Waals surface area contributed by atoms with Crippen molar-refractivity contribution in [3.8, 4) is 0 Å². The molecule has 1 aromatic carbocycles. The summed E-state index contributed by atoms with van der Waals surface area (Å²) in [6.45, 7) is 4.18. The molecule has 0 spiro atoms. The lowest BCUT2D eigenvalue weighted by atomic mass is 9.88. The molecule has 96 valence electrons. The molecule has 0 saturated carbocycles. The minimum atomic E-state index is 0.0224. The predicted octanol–water partition coefficient (Wildman–Crippen LogP) is 2.73. The number of hydrogen-bond donors (Lipinski definition) is 2. The minimum Gasteiger partial charge on any atom is -0.361 e. The van der Waals surface area contributed by atoms with Crippen molar-refractivity contribution in [3.05, 3.63) is 36.0 Å². The lowest BCUT2D eigenvalue weighted by Crippen LogP contribution is -2.32. The number of nitrogens with one attached hydrogen (secondary N) is 2. The van der Waals surface area contributed by atoms with Crippen molar-refractivity contribution in [2.24, 2.45) is 11.8 Å². The number of aromatic nitrogens is 1. The number of hydrogen-bond acceptors (Lipinski definition) is 1. The lowest BCUT2D eigenvalue weighted by molar-refractivity contribution is -0.125. The summed E-state index contributed by atoms with van der Waals surface area (Å²) < 4.78 is 0. The largest absolute Gasteiger partial charge is 0.361 e. The Labute approximate surface area is 108 Å². The van der Waals surface area contributed by atoms with Crippen LogP contribution in [0, 0.1) is 11.8 Å². The molecule has 1 aromatic heterocycles. The van der Waals surface area contributed by atoms with Gasteiger partial charge in [-0.15, -0.1) is 0 Å².